The van der Waals surface area contributed by atoms with Crippen LogP contribution in [0.3, 0.4) is 0 Å². The van der Waals surface area contributed by atoms with Crippen molar-refractivity contribution in [2.24, 2.45) is 5.41 Å². The van der Waals surface area contributed by atoms with Crippen LogP contribution in [0.4, 0.5) is 5.82 Å². The third kappa shape index (κ3) is 9.29. The summed E-state index contributed by atoms with van der Waals surface area (Å²) in [5.41, 5.74) is 2.93. The zero-order chi connectivity index (χ0) is 17.1. The molecule has 0 radical (unpaired) electrons. The van der Waals surface area contributed by atoms with E-state index < -0.39 is 0 Å². The minimum absolute atomic E-state index is 0.497. The fraction of sp³-hybridized carbons (Fsp3) is 0.667. The Bertz CT molecular complexity index is 492. The molecule has 0 saturated carbocycles. The van der Waals surface area contributed by atoms with Crippen molar-refractivity contribution in [3.8, 4) is 12.5 Å². The van der Waals surface area contributed by atoms with Gasteiger partial charge in [0, 0.05) is 11.7 Å². The maximum atomic E-state index is 5.23. The molecule has 1 N–H and O–H groups in total. The molecule has 0 aliphatic rings. The first kappa shape index (κ1) is 19.6. The van der Waals surface area contributed by atoms with E-state index in [9.17, 15) is 0 Å². The Hall–Kier alpha value is -1.49. The third-order valence-corrected chi connectivity index (χ3v) is 4.27. The number of pyridine rings is 1. The summed E-state index contributed by atoms with van der Waals surface area (Å²) in [6.07, 6.45) is 17.2. The van der Waals surface area contributed by atoms with E-state index in [0.29, 0.717) is 5.41 Å². The Kier molecular flexibility index (Phi) is 8.77. The summed E-state index contributed by atoms with van der Waals surface area (Å²) < 4.78 is 0. The van der Waals surface area contributed by atoms with E-state index in [1.165, 1.54) is 56.9 Å². The van der Waals surface area contributed by atoms with Gasteiger partial charge < -0.3 is 0 Å². The third-order valence-electron chi connectivity index (χ3n) is 4.27. The molecule has 0 aliphatic carbocycles. The lowest BCUT2D eigenvalue weighted by molar-refractivity contribution is 0.356. The number of aryl methyl sites for hydroxylation is 2. The standard InChI is InChI=1S/C21H34N2/c1-6-22-20-16-15-19(18(2)23-20)14-12-10-8-7-9-11-13-17-21(3,4)5/h1,15-16H,7-14,17H2,2-5H3,(H,22,23). The highest BCUT2D eigenvalue weighted by Gasteiger charge is 2.08. The van der Waals surface area contributed by atoms with E-state index in [4.69, 9.17) is 6.42 Å². The predicted octanol–water partition coefficient (Wildman–Crippen LogP) is 6.10. The highest BCUT2D eigenvalue weighted by atomic mass is 15.0. The molecular formula is C21H34N2. The number of aromatic nitrogens is 1. The molecule has 2 heteroatoms. The number of nitrogens with zero attached hydrogens (tertiary/aromatic N) is 1. The minimum Gasteiger partial charge on any atom is -0.300 e. The molecule has 0 fully saturated rings. The summed E-state index contributed by atoms with van der Waals surface area (Å²) >= 11 is 0. The number of rotatable bonds is 10. The fourth-order valence-electron chi connectivity index (χ4n) is 2.85. The van der Waals surface area contributed by atoms with Crippen molar-refractivity contribution >= 4 is 5.82 Å². The van der Waals surface area contributed by atoms with Crippen LogP contribution < -0.4 is 5.32 Å². The first-order chi connectivity index (χ1) is 10.9. The molecule has 0 amide bonds. The van der Waals surface area contributed by atoms with Crippen LogP contribution in [0.2, 0.25) is 0 Å². The predicted molar refractivity (Wildman–Crippen MR) is 102 cm³/mol. The first-order valence-corrected chi connectivity index (χ1v) is 9.10. The molecule has 1 aromatic heterocycles. The maximum absolute atomic E-state index is 5.23. The van der Waals surface area contributed by atoms with Crippen LogP contribution in [-0.4, -0.2) is 4.98 Å². The van der Waals surface area contributed by atoms with E-state index in [0.717, 1.165) is 17.9 Å². The average molecular weight is 315 g/mol. The van der Waals surface area contributed by atoms with Gasteiger partial charge in [0.15, 0.2) is 0 Å². The van der Waals surface area contributed by atoms with E-state index >= 15 is 0 Å². The molecule has 0 spiro atoms. The highest BCUT2D eigenvalue weighted by molar-refractivity contribution is 5.42. The van der Waals surface area contributed by atoms with Gasteiger partial charge in [0.2, 0.25) is 0 Å². The van der Waals surface area contributed by atoms with Gasteiger partial charge in [-0.25, -0.2) is 4.98 Å². The van der Waals surface area contributed by atoms with Crippen molar-refractivity contribution in [1.29, 1.82) is 0 Å². The average Bonchev–Trinajstić information content (AvgIpc) is 2.46. The molecule has 1 aromatic rings. The number of hydrogen-bond acceptors (Lipinski definition) is 2. The Morgan fingerprint density at radius 1 is 1.00 bits per heavy atom. The second-order valence-corrected chi connectivity index (χ2v) is 7.75. The van der Waals surface area contributed by atoms with Crippen LogP contribution in [0.1, 0.15) is 83.4 Å². The molecule has 1 rings (SSSR count). The van der Waals surface area contributed by atoms with Crippen LogP contribution in [0, 0.1) is 24.8 Å². The highest BCUT2D eigenvalue weighted by Crippen LogP contribution is 2.22. The van der Waals surface area contributed by atoms with Crippen LogP contribution in [0.5, 0.6) is 0 Å². The Labute approximate surface area is 143 Å². The second-order valence-electron chi connectivity index (χ2n) is 7.75. The van der Waals surface area contributed by atoms with Gasteiger partial charge in [-0.3, -0.25) is 5.32 Å². The summed E-state index contributed by atoms with van der Waals surface area (Å²) in [4.78, 5) is 4.48. The lowest BCUT2D eigenvalue weighted by atomic mass is 9.89. The van der Waals surface area contributed by atoms with Crippen LogP contribution in [-0.2, 0) is 6.42 Å². The topological polar surface area (TPSA) is 24.9 Å². The SMILES string of the molecule is C#CNc1ccc(CCCCCCCCCC(C)(C)C)c(C)n1. The summed E-state index contributed by atoms with van der Waals surface area (Å²) in [5, 5.41) is 2.80. The molecule has 23 heavy (non-hydrogen) atoms. The van der Waals surface area contributed by atoms with E-state index in [2.05, 4.69) is 50.1 Å². The van der Waals surface area contributed by atoms with Gasteiger partial charge in [0.1, 0.15) is 5.82 Å². The molecule has 0 aliphatic heterocycles. The van der Waals surface area contributed by atoms with Gasteiger partial charge in [-0.1, -0.05) is 71.8 Å². The number of terminal acetylenes is 1. The zero-order valence-corrected chi connectivity index (χ0v) is 15.5. The summed E-state index contributed by atoms with van der Waals surface area (Å²) in [6, 6.07) is 6.52. The largest absolute Gasteiger partial charge is 0.300 e. The summed E-state index contributed by atoms with van der Waals surface area (Å²) in [7, 11) is 0. The van der Waals surface area contributed by atoms with Crippen LogP contribution in [0.15, 0.2) is 12.1 Å². The first-order valence-electron chi connectivity index (χ1n) is 9.10. The minimum atomic E-state index is 0.497. The lowest BCUT2D eigenvalue weighted by Gasteiger charge is -2.17. The van der Waals surface area contributed by atoms with Crippen molar-refractivity contribution in [3.63, 3.8) is 0 Å². The molecular weight excluding hydrogens is 280 g/mol. The molecule has 0 unspecified atom stereocenters. The Morgan fingerprint density at radius 3 is 2.17 bits per heavy atom. The van der Waals surface area contributed by atoms with Gasteiger partial charge in [0.25, 0.3) is 0 Å². The molecule has 0 aromatic carbocycles. The molecule has 0 saturated heterocycles. The van der Waals surface area contributed by atoms with Gasteiger partial charge in [-0.2, -0.15) is 0 Å². The molecule has 0 atom stereocenters. The number of unbranched alkanes of at least 4 members (excludes halogenated alkanes) is 6. The monoisotopic (exact) mass is 314 g/mol. The summed E-state index contributed by atoms with van der Waals surface area (Å²) in [5.74, 6) is 0.768. The van der Waals surface area contributed by atoms with Crippen LogP contribution >= 0.6 is 0 Å². The number of hydrogen-bond donors (Lipinski definition) is 1. The molecule has 128 valence electrons. The second kappa shape index (κ2) is 10.3. The van der Waals surface area contributed by atoms with E-state index in [1.54, 1.807) is 0 Å². The van der Waals surface area contributed by atoms with Gasteiger partial charge in [0.05, 0.1) is 0 Å². The van der Waals surface area contributed by atoms with Crippen LogP contribution in [0.25, 0.3) is 0 Å². The van der Waals surface area contributed by atoms with Crippen molar-refractivity contribution in [3.05, 3.63) is 23.4 Å². The maximum Gasteiger partial charge on any atom is 0.137 e. The zero-order valence-electron chi connectivity index (χ0n) is 15.5. The van der Waals surface area contributed by atoms with Crippen molar-refractivity contribution in [1.82, 2.24) is 4.98 Å². The Balaban J connectivity index is 2.08. The van der Waals surface area contributed by atoms with Crippen molar-refractivity contribution in [2.75, 3.05) is 5.32 Å². The number of nitrogens with one attached hydrogen (secondary N) is 1. The molecule has 2 nitrogen and oxygen atoms in total. The van der Waals surface area contributed by atoms with Crippen molar-refractivity contribution in [2.45, 2.75) is 85.5 Å². The van der Waals surface area contributed by atoms with Gasteiger partial charge in [-0.15, -0.1) is 0 Å². The van der Waals surface area contributed by atoms with Gasteiger partial charge in [-0.05, 0) is 43.2 Å². The van der Waals surface area contributed by atoms with E-state index in [-0.39, 0.29) is 0 Å². The normalized spacial score (nSPS) is 11.3. The lowest BCUT2D eigenvalue weighted by Crippen LogP contribution is -2.03. The molecule has 1 heterocycles. The van der Waals surface area contributed by atoms with Crippen molar-refractivity contribution < 1.29 is 0 Å². The van der Waals surface area contributed by atoms with E-state index in [1.807, 2.05) is 6.07 Å². The fourth-order valence-corrected chi connectivity index (χ4v) is 2.85. The van der Waals surface area contributed by atoms with Gasteiger partial charge >= 0.3 is 0 Å². The molecule has 0 bridgehead atoms. The smallest absolute Gasteiger partial charge is 0.137 e. The summed E-state index contributed by atoms with van der Waals surface area (Å²) in [6.45, 7) is 9.06. The number of anilines is 1. The quantitative estimate of drug-likeness (QED) is 0.320. The Morgan fingerprint density at radius 2 is 1.61 bits per heavy atom.